The Morgan fingerprint density at radius 1 is 1.16 bits per heavy atom. The van der Waals surface area contributed by atoms with Gasteiger partial charge in [-0.3, -0.25) is 19.3 Å². The summed E-state index contributed by atoms with van der Waals surface area (Å²) in [6.45, 7) is 4.30. The van der Waals surface area contributed by atoms with Gasteiger partial charge in [-0.25, -0.2) is 0 Å². The first-order valence-electron chi connectivity index (χ1n) is 9.72. The lowest BCUT2D eigenvalue weighted by atomic mass is 10.2. The summed E-state index contributed by atoms with van der Waals surface area (Å²) in [5.74, 6) is 0.149. The van der Waals surface area contributed by atoms with Crippen molar-refractivity contribution in [3.8, 4) is 11.5 Å². The molecule has 2 aromatic carbocycles. The van der Waals surface area contributed by atoms with Crippen LogP contribution < -0.4 is 14.8 Å². The Hall–Kier alpha value is -2.05. The van der Waals surface area contributed by atoms with Crippen LogP contribution in [0.3, 0.4) is 0 Å². The molecular formula is C22H20BrIN2O5S. The molecule has 0 saturated carbocycles. The Labute approximate surface area is 212 Å². The minimum Gasteiger partial charge on any atom is -0.490 e. The van der Waals surface area contributed by atoms with Crippen molar-refractivity contribution in [1.29, 1.82) is 0 Å². The average Bonchev–Trinajstić information content (AvgIpc) is 3.00. The molecule has 1 aliphatic heterocycles. The fraction of sp³-hybridized carbons (Fsp3) is 0.227. The molecule has 1 aliphatic rings. The maximum Gasteiger partial charge on any atom is 0.294 e. The molecule has 0 spiro atoms. The highest BCUT2D eigenvalue weighted by atomic mass is 127. The number of imide groups is 1. The summed E-state index contributed by atoms with van der Waals surface area (Å²) in [5, 5.41) is 2.20. The maximum atomic E-state index is 12.8. The second-order valence-corrected chi connectivity index (χ2v) is 9.61. The Balaban J connectivity index is 1.76. The molecule has 0 aromatic heterocycles. The summed E-state index contributed by atoms with van der Waals surface area (Å²) in [6, 6.07) is 10.7. The molecule has 1 N–H and O–H groups in total. The molecule has 1 heterocycles. The standard InChI is InChI=1S/C22H20BrIN2O5S/c1-3-30-17-10-13(9-16(23)20(17)31-4-2)11-18-21(28)26(22(29)32-18)12-19(27)25-15-7-5-14(24)6-8-15/h5-11H,3-4,12H2,1-2H3,(H,25,27)/b18-11+. The van der Waals surface area contributed by atoms with Crippen molar-refractivity contribution >= 4 is 79.1 Å². The van der Waals surface area contributed by atoms with Crippen molar-refractivity contribution in [2.45, 2.75) is 13.8 Å². The van der Waals surface area contributed by atoms with E-state index in [1.165, 1.54) is 0 Å². The minimum absolute atomic E-state index is 0.232. The first-order valence-corrected chi connectivity index (χ1v) is 12.4. The lowest BCUT2D eigenvalue weighted by Crippen LogP contribution is -2.36. The molecule has 0 unspecified atom stereocenters. The number of anilines is 1. The molecule has 0 bridgehead atoms. The van der Waals surface area contributed by atoms with Crippen molar-refractivity contribution < 1.29 is 23.9 Å². The molecule has 3 amide bonds. The molecule has 7 nitrogen and oxygen atoms in total. The number of benzene rings is 2. The van der Waals surface area contributed by atoms with Crippen molar-refractivity contribution in [2.75, 3.05) is 25.1 Å². The lowest BCUT2D eigenvalue weighted by molar-refractivity contribution is -0.127. The smallest absolute Gasteiger partial charge is 0.294 e. The topological polar surface area (TPSA) is 84.9 Å². The van der Waals surface area contributed by atoms with E-state index >= 15 is 0 Å². The van der Waals surface area contributed by atoms with Gasteiger partial charge in [0.15, 0.2) is 11.5 Å². The Morgan fingerprint density at radius 3 is 2.50 bits per heavy atom. The summed E-state index contributed by atoms with van der Waals surface area (Å²) in [6.07, 6.45) is 1.60. The van der Waals surface area contributed by atoms with Crippen LogP contribution in [0, 0.1) is 3.57 Å². The largest absolute Gasteiger partial charge is 0.490 e. The highest BCUT2D eigenvalue weighted by Gasteiger charge is 2.36. The van der Waals surface area contributed by atoms with E-state index in [0.29, 0.717) is 40.4 Å². The number of nitrogens with zero attached hydrogens (tertiary/aromatic N) is 1. The zero-order valence-electron chi connectivity index (χ0n) is 17.3. The molecule has 1 saturated heterocycles. The van der Waals surface area contributed by atoms with Crippen LogP contribution in [0.25, 0.3) is 6.08 Å². The normalized spacial score (nSPS) is 14.8. The van der Waals surface area contributed by atoms with Crippen LogP contribution in [0.5, 0.6) is 11.5 Å². The maximum absolute atomic E-state index is 12.8. The number of carbonyl (C=O) groups excluding carboxylic acids is 3. The van der Waals surface area contributed by atoms with Gasteiger partial charge in [0.25, 0.3) is 11.1 Å². The van der Waals surface area contributed by atoms with Crippen LogP contribution in [0.2, 0.25) is 0 Å². The van der Waals surface area contributed by atoms with E-state index in [4.69, 9.17) is 9.47 Å². The Bertz CT molecular complexity index is 1070. The van der Waals surface area contributed by atoms with E-state index in [9.17, 15) is 14.4 Å². The summed E-state index contributed by atoms with van der Waals surface area (Å²) in [4.78, 5) is 38.7. The highest BCUT2D eigenvalue weighted by Crippen LogP contribution is 2.39. The average molecular weight is 631 g/mol. The second-order valence-electron chi connectivity index (χ2n) is 6.52. The van der Waals surface area contributed by atoms with Gasteiger partial charge in [0.1, 0.15) is 6.54 Å². The van der Waals surface area contributed by atoms with Crippen LogP contribution in [-0.2, 0) is 9.59 Å². The third kappa shape index (κ3) is 6.04. The molecule has 168 valence electrons. The van der Waals surface area contributed by atoms with Crippen molar-refractivity contribution in [1.82, 2.24) is 4.90 Å². The first-order chi connectivity index (χ1) is 15.3. The molecule has 3 rings (SSSR count). The number of thioether (sulfide) groups is 1. The minimum atomic E-state index is -0.513. The van der Waals surface area contributed by atoms with Gasteiger partial charge < -0.3 is 14.8 Å². The fourth-order valence-corrected chi connectivity index (χ4v) is 4.66. The predicted molar refractivity (Wildman–Crippen MR) is 137 cm³/mol. The zero-order chi connectivity index (χ0) is 23.3. The van der Waals surface area contributed by atoms with Crippen LogP contribution in [0.4, 0.5) is 10.5 Å². The number of hydrogen-bond donors (Lipinski definition) is 1. The number of hydrogen-bond acceptors (Lipinski definition) is 6. The molecule has 0 aliphatic carbocycles. The third-order valence-electron chi connectivity index (χ3n) is 4.22. The van der Waals surface area contributed by atoms with Crippen LogP contribution in [-0.4, -0.2) is 41.7 Å². The summed E-state index contributed by atoms with van der Waals surface area (Å²) in [7, 11) is 0. The van der Waals surface area contributed by atoms with Crippen molar-refractivity contribution in [3.05, 3.63) is 54.9 Å². The van der Waals surface area contributed by atoms with Gasteiger partial charge in [0.05, 0.1) is 22.6 Å². The first kappa shape index (κ1) is 24.6. The Kier molecular flexibility index (Phi) is 8.60. The Morgan fingerprint density at radius 2 is 1.84 bits per heavy atom. The molecule has 0 radical (unpaired) electrons. The third-order valence-corrected chi connectivity index (χ3v) is 6.44. The number of rotatable bonds is 8. The van der Waals surface area contributed by atoms with Crippen LogP contribution in [0.15, 0.2) is 45.8 Å². The monoisotopic (exact) mass is 630 g/mol. The molecule has 1 fully saturated rings. The lowest BCUT2D eigenvalue weighted by Gasteiger charge is -2.14. The number of ether oxygens (including phenoxy) is 2. The summed E-state index contributed by atoms with van der Waals surface area (Å²) < 4.78 is 13.0. The fourth-order valence-electron chi connectivity index (χ4n) is 2.88. The quantitative estimate of drug-likeness (QED) is 0.305. The van der Waals surface area contributed by atoms with E-state index < -0.39 is 17.1 Å². The van der Waals surface area contributed by atoms with Gasteiger partial charge in [-0.2, -0.15) is 0 Å². The van der Waals surface area contributed by atoms with Gasteiger partial charge in [0, 0.05) is 9.26 Å². The van der Waals surface area contributed by atoms with Gasteiger partial charge in [-0.1, -0.05) is 0 Å². The van der Waals surface area contributed by atoms with Gasteiger partial charge in [0.2, 0.25) is 5.91 Å². The van der Waals surface area contributed by atoms with Crippen LogP contribution >= 0.6 is 50.3 Å². The van der Waals surface area contributed by atoms with E-state index in [-0.39, 0.29) is 11.4 Å². The predicted octanol–water partition coefficient (Wildman–Crippen LogP) is 5.53. The van der Waals surface area contributed by atoms with Crippen LogP contribution in [0.1, 0.15) is 19.4 Å². The van der Waals surface area contributed by atoms with Crippen molar-refractivity contribution in [3.63, 3.8) is 0 Å². The summed E-state index contributed by atoms with van der Waals surface area (Å²) >= 11 is 6.43. The SMILES string of the molecule is CCOc1cc(/C=C2/SC(=O)N(CC(=O)Nc3ccc(I)cc3)C2=O)cc(Br)c1OCC. The molecule has 32 heavy (non-hydrogen) atoms. The van der Waals surface area contributed by atoms with E-state index in [0.717, 1.165) is 20.2 Å². The van der Waals surface area contributed by atoms with Gasteiger partial charge >= 0.3 is 0 Å². The second kappa shape index (κ2) is 11.2. The number of halogens is 2. The van der Waals surface area contributed by atoms with Crippen molar-refractivity contribution in [2.24, 2.45) is 0 Å². The van der Waals surface area contributed by atoms with E-state index in [1.807, 2.05) is 26.0 Å². The number of amides is 3. The molecule has 0 atom stereocenters. The number of carbonyl (C=O) groups is 3. The van der Waals surface area contributed by atoms with E-state index in [1.54, 1.807) is 30.3 Å². The van der Waals surface area contributed by atoms with E-state index in [2.05, 4.69) is 43.8 Å². The number of nitrogens with one attached hydrogen (secondary N) is 1. The molecular weight excluding hydrogens is 611 g/mol. The zero-order valence-corrected chi connectivity index (χ0v) is 21.9. The molecule has 2 aromatic rings. The summed E-state index contributed by atoms with van der Waals surface area (Å²) in [5.41, 5.74) is 1.26. The highest BCUT2D eigenvalue weighted by molar-refractivity contribution is 14.1. The molecule has 10 heteroatoms. The van der Waals surface area contributed by atoms with Gasteiger partial charge in [-0.05, 0) is 112 Å². The van der Waals surface area contributed by atoms with Gasteiger partial charge in [-0.15, -0.1) is 0 Å².